The van der Waals surface area contributed by atoms with Crippen molar-refractivity contribution in [3.63, 3.8) is 0 Å². The molecule has 1 heterocycles. The predicted molar refractivity (Wildman–Crippen MR) is 72.6 cm³/mol. The molecule has 1 atom stereocenters. The molecule has 0 spiro atoms. The molecular weight excluding hydrogens is 258 g/mol. The number of carbonyl (C=O) groups excluding carboxylic acids is 1. The fraction of sp³-hybridized carbons (Fsp3) is 0.200. The van der Waals surface area contributed by atoms with Gasteiger partial charge in [0.25, 0.3) is 0 Å². The van der Waals surface area contributed by atoms with E-state index < -0.39 is 11.9 Å². The molecule has 0 radical (unpaired) electrons. The lowest BCUT2D eigenvalue weighted by Crippen LogP contribution is -2.21. The van der Waals surface area contributed by atoms with Crippen molar-refractivity contribution in [1.29, 1.82) is 0 Å². The maximum Gasteiger partial charge on any atom is 0.316 e. The summed E-state index contributed by atoms with van der Waals surface area (Å²) in [7, 11) is 1.33. The minimum Gasteiger partial charge on any atom is -0.508 e. The Balaban J connectivity index is 2.11. The van der Waals surface area contributed by atoms with Gasteiger partial charge in [-0.25, -0.2) is 0 Å². The minimum atomic E-state index is -0.559. The number of rotatable bonds is 5. The van der Waals surface area contributed by atoms with Gasteiger partial charge in [-0.3, -0.25) is 9.78 Å². The lowest BCUT2D eigenvalue weighted by atomic mass is 10.0. The second-order valence-corrected chi connectivity index (χ2v) is 4.17. The number of ether oxygens (including phenoxy) is 2. The van der Waals surface area contributed by atoms with E-state index in [2.05, 4.69) is 4.98 Å². The summed E-state index contributed by atoms with van der Waals surface area (Å²) < 4.78 is 10.3. The molecule has 0 aliphatic heterocycles. The lowest BCUT2D eigenvalue weighted by molar-refractivity contribution is -0.143. The molecule has 2 aromatic rings. The van der Waals surface area contributed by atoms with Gasteiger partial charge in [0.2, 0.25) is 0 Å². The Kier molecular flexibility index (Phi) is 4.55. The molecule has 0 saturated carbocycles. The molecule has 5 nitrogen and oxygen atoms in total. The van der Waals surface area contributed by atoms with Crippen molar-refractivity contribution in [2.75, 3.05) is 13.7 Å². The lowest BCUT2D eigenvalue weighted by Gasteiger charge is -2.15. The molecule has 1 unspecified atom stereocenters. The second-order valence-electron chi connectivity index (χ2n) is 4.17. The molecule has 2 rings (SSSR count). The third-order valence-electron chi connectivity index (χ3n) is 2.81. The van der Waals surface area contributed by atoms with E-state index >= 15 is 0 Å². The highest BCUT2D eigenvalue weighted by atomic mass is 16.5. The van der Waals surface area contributed by atoms with Gasteiger partial charge in [0, 0.05) is 18.5 Å². The number of benzene rings is 1. The van der Waals surface area contributed by atoms with Gasteiger partial charge >= 0.3 is 5.97 Å². The quantitative estimate of drug-likeness (QED) is 0.845. The number of hydrogen-bond acceptors (Lipinski definition) is 5. The fourth-order valence-corrected chi connectivity index (χ4v) is 1.78. The summed E-state index contributed by atoms with van der Waals surface area (Å²) in [5.41, 5.74) is 0.722. The number of aromatic hydroxyl groups is 1. The van der Waals surface area contributed by atoms with E-state index in [4.69, 9.17) is 9.47 Å². The monoisotopic (exact) mass is 273 g/mol. The standard InChI is InChI=1S/C15H15NO4/c1-19-15(18)14(11-4-3-7-16-9-11)10-20-13-6-2-5-12(17)8-13/h2-9,14,17H,10H2,1H3. The van der Waals surface area contributed by atoms with Crippen LogP contribution >= 0.6 is 0 Å². The zero-order valence-corrected chi connectivity index (χ0v) is 11.0. The largest absolute Gasteiger partial charge is 0.508 e. The van der Waals surface area contributed by atoms with Crippen LogP contribution in [0.4, 0.5) is 0 Å². The first kappa shape index (κ1) is 13.9. The number of aromatic nitrogens is 1. The van der Waals surface area contributed by atoms with Gasteiger partial charge in [-0.15, -0.1) is 0 Å². The Morgan fingerprint density at radius 2 is 2.20 bits per heavy atom. The maximum atomic E-state index is 11.8. The molecule has 1 aromatic carbocycles. The molecule has 0 aliphatic carbocycles. The third-order valence-corrected chi connectivity index (χ3v) is 2.81. The highest BCUT2D eigenvalue weighted by Crippen LogP contribution is 2.21. The SMILES string of the molecule is COC(=O)C(COc1cccc(O)c1)c1cccnc1. The Bertz CT molecular complexity index is 571. The first-order chi connectivity index (χ1) is 9.70. The topological polar surface area (TPSA) is 68.7 Å². The van der Waals surface area contributed by atoms with Crippen LogP contribution in [0.3, 0.4) is 0 Å². The summed E-state index contributed by atoms with van der Waals surface area (Å²) in [6, 6.07) is 9.95. The first-order valence-corrected chi connectivity index (χ1v) is 6.10. The summed E-state index contributed by atoms with van der Waals surface area (Å²) in [5.74, 6) is -0.351. The zero-order valence-electron chi connectivity index (χ0n) is 11.0. The number of methoxy groups -OCH3 is 1. The van der Waals surface area contributed by atoms with Gasteiger partial charge in [0.15, 0.2) is 0 Å². The Morgan fingerprint density at radius 3 is 2.85 bits per heavy atom. The van der Waals surface area contributed by atoms with Crippen LogP contribution in [0.5, 0.6) is 11.5 Å². The van der Waals surface area contributed by atoms with Crippen molar-refractivity contribution in [2.45, 2.75) is 5.92 Å². The Morgan fingerprint density at radius 1 is 1.35 bits per heavy atom. The maximum absolute atomic E-state index is 11.8. The highest BCUT2D eigenvalue weighted by Gasteiger charge is 2.22. The summed E-state index contributed by atoms with van der Waals surface area (Å²) in [6.45, 7) is 0.113. The Labute approximate surface area is 116 Å². The van der Waals surface area contributed by atoms with Crippen molar-refractivity contribution < 1.29 is 19.4 Å². The van der Waals surface area contributed by atoms with Gasteiger partial charge in [-0.2, -0.15) is 0 Å². The molecule has 1 aromatic heterocycles. The summed E-state index contributed by atoms with van der Waals surface area (Å²) in [4.78, 5) is 15.8. The van der Waals surface area contributed by atoms with E-state index in [1.165, 1.54) is 13.2 Å². The molecule has 1 N–H and O–H groups in total. The van der Waals surface area contributed by atoms with Crippen LogP contribution in [-0.2, 0) is 9.53 Å². The second kappa shape index (κ2) is 6.56. The molecular formula is C15H15NO4. The number of hydrogen-bond donors (Lipinski definition) is 1. The average Bonchev–Trinajstić information content (AvgIpc) is 2.48. The molecule has 0 bridgehead atoms. The molecule has 0 aliphatic rings. The minimum absolute atomic E-state index is 0.110. The number of phenolic OH excluding ortho intramolecular Hbond substituents is 1. The van der Waals surface area contributed by atoms with E-state index in [9.17, 15) is 9.90 Å². The smallest absolute Gasteiger partial charge is 0.316 e. The van der Waals surface area contributed by atoms with Crippen LogP contribution in [0.2, 0.25) is 0 Å². The van der Waals surface area contributed by atoms with Crippen molar-refractivity contribution >= 4 is 5.97 Å². The van der Waals surface area contributed by atoms with Gasteiger partial charge < -0.3 is 14.6 Å². The summed E-state index contributed by atoms with van der Waals surface area (Å²) in [6.07, 6.45) is 3.24. The van der Waals surface area contributed by atoms with Crippen molar-refractivity contribution in [3.8, 4) is 11.5 Å². The van der Waals surface area contributed by atoms with Crippen LogP contribution in [0.25, 0.3) is 0 Å². The third kappa shape index (κ3) is 3.47. The fourth-order valence-electron chi connectivity index (χ4n) is 1.78. The van der Waals surface area contributed by atoms with Gasteiger partial charge in [0.05, 0.1) is 7.11 Å². The highest BCUT2D eigenvalue weighted by molar-refractivity contribution is 5.78. The number of nitrogens with zero attached hydrogens (tertiary/aromatic N) is 1. The summed E-state index contributed by atoms with van der Waals surface area (Å²) in [5, 5.41) is 9.37. The van der Waals surface area contributed by atoms with Crippen molar-refractivity contribution in [2.24, 2.45) is 0 Å². The number of carbonyl (C=O) groups is 1. The predicted octanol–water partition coefficient (Wildman–Crippen LogP) is 2.12. The van der Waals surface area contributed by atoms with Crippen LogP contribution in [0.1, 0.15) is 11.5 Å². The number of phenols is 1. The number of esters is 1. The summed E-state index contributed by atoms with van der Waals surface area (Å²) >= 11 is 0. The normalized spacial score (nSPS) is 11.7. The molecule has 5 heteroatoms. The number of pyridine rings is 1. The zero-order chi connectivity index (χ0) is 14.4. The van der Waals surface area contributed by atoms with Crippen LogP contribution < -0.4 is 4.74 Å². The van der Waals surface area contributed by atoms with Gasteiger partial charge in [0.1, 0.15) is 24.0 Å². The van der Waals surface area contributed by atoms with E-state index in [1.54, 1.807) is 42.7 Å². The van der Waals surface area contributed by atoms with E-state index in [0.29, 0.717) is 5.75 Å². The van der Waals surface area contributed by atoms with E-state index in [1.807, 2.05) is 0 Å². The van der Waals surface area contributed by atoms with Crippen LogP contribution in [-0.4, -0.2) is 29.8 Å². The molecule has 0 fully saturated rings. The molecule has 0 amide bonds. The van der Waals surface area contributed by atoms with Gasteiger partial charge in [-0.05, 0) is 23.8 Å². The van der Waals surface area contributed by atoms with Crippen molar-refractivity contribution in [3.05, 3.63) is 54.4 Å². The average molecular weight is 273 g/mol. The molecule has 20 heavy (non-hydrogen) atoms. The van der Waals surface area contributed by atoms with Crippen LogP contribution in [0.15, 0.2) is 48.8 Å². The van der Waals surface area contributed by atoms with Gasteiger partial charge in [-0.1, -0.05) is 12.1 Å². The van der Waals surface area contributed by atoms with Crippen molar-refractivity contribution in [1.82, 2.24) is 4.98 Å². The first-order valence-electron chi connectivity index (χ1n) is 6.10. The molecule has 104 valence electrons. The Hall–Kier alpha value is -2.56. The van der Waals surface area contributed by atoms with Crippen LogP contribution in [0, 0.1) is 0 Å². The molecule has 0 saturated heterocycles. The van der Waals surface area contributed by atoms with E-state index in [0.717, 1.165) is 5.56 Å². The van der Waals surface area contributed by atoms with E-state index in [-0.39, 0.29) is 12.4 Å².